The van der Waals surface area contributed by atoms with E-state index in [1.54, 1.807) is 36.0 Å². The number of hydrogen-bond donors (Lipinski definition) is 3. The summed E-state index contributed by atoms with van der Waals surface area (Å²) in [7, 11) is 0. The summed E-state index contributed by atoms with van der Waals surface area (Å²) >= 11 is 7.56. The minimum Gasteiger partial charge on any atom is -0.479 e. The summed E-state index contributed by atoms with van der Waals surface area (Å²) < 4.78 is 0. The number of carbonyl (C=O) groups excluding carboxylic acids is 1. The number of carbonyl (C=O) groups is 2. The number of amides is 2. The molecular weight excluding hydrogens is 300 g/mol. The lowest BCUT2D eigenvalue weighted by Gasteiger charge is -2.19. The van der Waals surface area contributed by atoms with Crippen LogP contribution in [0.4, 0.5) is 4.79 Å². The van der Waals surface area contributed by atoms with E-state index in [0.717, 1.165) is 5.75 Å². The number of aliphatic carboxylic acids is 1. The molecule has 110 valence electrons. The predicted octanol–water partition coefficient (Wildman–Crippen LogP) is 2.52. The molecule has 0 aliphatic carbocycles. The molecule has 1 unspecified atom stereocenters. The van der Waals surface area contributed by atoms with Crippen molar-refractivity contribution in [1.82, 2.24) is 10.6 Å². The highest BCUT2D eigenvalue weighted by molar-refractivity contribution is 7.98. The standard InChI is InChI=1S/C13H17ClN2O3S/c1-8(7-20-2)15-13(19)16-11(12(17)18)9-5-3-4-6-10(9)14/h3-6,8,11H,7H2,1-2H3,(H,17,18)(H2,15,16,19)/t8?,11-/m1/s1. The van der Waals surface area contributed by atoms with Crippen LogP contribution in [0.5, 0.6) is 0 Å². The van der Waals surface area contributed by atoms with Gasteiger partial charge in [0, 0.05) is 22.4 Å². The third-order valence-corrected chi connectivity index (χ3v) is 3.71. The van der Waals surface area contributed by atoms with Gasteiger partial charge in [0.05, 0.1) is 0 Å². The van der Waals surface area contributed by atoms with Gasteiger partial charge in [-0.05, 0) is 19.2 Å². The van der Waals surface area contributed by atoms with Crippen molar-refractivity contribution in [1.29, 1.82) is 0 Å². The van der Waals surface area contributed by atoms with Crippen molar-refractivity contribution >= 4 is 35.4 Å². The lowest BCUT2D eigenvalue weighted by Crippen LogP contribution is -2.45. The number of thioether (sulfide) groups is 1. The van der Waals surface area contributed by atoms with Crippen LogP contribution in [0, 0.1) is 0 Å². The zero-order valence-corrected chi connectivity index (χ0v) is 12.8. The quantitative estimate of drug-likeness (QED) is 0.753. The average Bonchev–Trinajstić information content (AvgIpc) is 2.37. The molecule has 1 aromatic carbocycles. The number of urea groups is 1. The van der Waals surface area contributed by atoms with Crippen LogP contribution in [0.15, 0.2) is 24.3 Å². The highest BCUT2D eigenvalue weighted by atomic mass is 35.5. The van der Waals surface area contributed by atoms with E-state index >= 15 is 0 Å². The fourth-order valence-electron chi connectivity index (χ4n) is 1.67. The molecule has 0 aliphatic rings. The Morgan fingerprint density at radius 1 is 1.35 bits per heavy atom. The summed E-state index contributed by atoms with van der Waals surface area (Å²) in [5, 5.41) is 14.6. The number of carboxylic acids is 1. The summed E-state index contributed by atoms with van der Waals surface area (Å²) in [5.41, 5.74) is 0.356. The Morgan fingerprint density at radius 2 is 2.00 bits per heavy atom. The molecule has 0 aliphatic heterocycles. The Kier molecular flexibility index (Phi) is 6.67. The zero-order chi connectivity index (χ0) is 15.1. The molecule has 7 heteroatoms. The first-order chi connectivity index (χ1) is 9.45. The first kappa shape index (κ1) is 16.7. The van der Waals surface area contributed by atoms with Crippen LogP contribution in [-0.2, 0) is 4.79 Å². The fraction of sp³-hybridized carbons (Fsp3) is 0.385. The average molecular weight is 317 g/mol. The second kappa shape index (κ2) is 8.01. The van der Waals surface area contributed by atoms with Gasteiger partial charge < -0.3 is 15.7 Å². The zero-order valence-electron chi connectivity index (χ0n) is 11.2. The molecule has 2 atom stereocenters. The van der Waals surface area contributed by atoms with Gasteiger partial charge >= 0.3 is 12.0 Å². The van der Waals surface area contributed by atoms with Crippen molar-refractivity contribution in [2.45, 2.75) is 19.0 Å². The molecule has 1 rings (SSSR count). The van der Waals surface area contributed by atoms with E-state index in [0.29, 0.717) is 10.6 Å². The van der Waals surface area contributed by atoms with Crippen molar-refractivity contribution in [3.05, 3.63) is 34.9 Å². The molecule has 0 saturated carbocycles. The number of rotatable bonds is 6. The molecule has 5 nitrogen and oxygen atoms in total. The Morgan fingerprint density at radius 3 is 2.55 bits per heavy atom. The van der Waals surface area contributed by atoms with Crippen molar-refractivity contribution in [2.24, 2.45) is 0 Å². The van der Waals surface area contributed by atoms with Crippen molar-refractivity contribution in [2.75, 3.05) is 12.0 Å². The fourth-order valence-corrected chi connectivity index (χ4v) is 2.50. The van der Waals surface area contributed by atoms with Crippen molar-refractivity contribution in [3.8, 4) is 0 Å². The van der Waals surface area contributed by atoms with Gasteiger partial charge in [-0.25, -0.2) is 9.59 Å². The maximum atomic E-state index is 11.8. The second-order valence-corrected chi connectivity index (χ2v) is 5.58. The molecule has 20 heavy (non-hydrogen) atoms. The molecule has 0 heterocycles. The van der Waals surface area contributed by atoms with Gasteiger partial charge in [-0.15, -0.1) is 0 Å². The van der Waals surface area contributed by atoms with Crippen molar-refractivity contribution < 1.29 is 14.7 Å². The number of benzene rings is 1. The van der Waals surface area contributed by atoms with E-state index in [9.17, 15) is 14.7 Å². The van der Waals surface area contributed by atoms with Crippen LogP contribution >= 0.6 is 23.4 Å². The van der Waals surface area contributed by atoms with Gasteiger partial charge in [0.2, 0.25) is 0 Å². The third kappa shape index (κ3) is 4.94. The molecule has 1 aromatic rings. The molecule has 0 spiro atoms. The maximum absolute atomic E-state index is 11.8. The van der Waals surface area contributed by atoms with Crippen LogP contribution in [0.2, 0.25) is 5.02 Å². The molecule has 2 amide bonds. The summed E-state index contributed by atoms with van der Waals surface area (Å²) in [6.07, 6.45) is 1.93. The van der Waals surface area contributed by atoms with Gasteiger partial charge in [-0.3, -0.25) is 0 Å². The van der Waals surface area contributed by atoms with E-state index in [2.05, 4.69) is 10.6 Å². The van der Waals surface area contributed by atoms with Crippen LogP contribution < -0.4 is 10.6 Å². The van der Waals surface area contributed by atoms with Crippen LogP contribution in [0.1, 0.15) is 18.5 Å². The molecule has 0 radical (unpaired) electrons. The Hall–Kier alpha value is -1.40. The van der Waals surface area contributed by atoms with E-state index in [1.807, 2.05) is 13.2 Å². The summed E-state index contributed by atoms with van der Waals surface area (Å²) in [4.78, 5) is 23.1. The summed E-state index contributed by atoms with van der Waals surface area (Å²) in [5.74, 6) is -0.414. The smallest absolute Gasteiger partial charge is 0.331 e. The molecule has 0 bridgehead atoms. The van der Waals surface area contributed by atoms with Crippen LogP contribution in [0.3, 0.4) is 0 Å². The largest absolute Gasteiger partial charge is 0.479 e. The van der Waals surface area contributed by atoms with Gasteiger partial charge in [-0.2, -0.15) is 11.8 Å². The van der Waals surface area contributed by atoms with Gasteiger partial charge in [0.15, 0.2) is 6.04 Å². The summed E-state index contributed by atoms with van der Waals surface area (Å²) in [6, 6.07) is 4.78. The van der Waals surface area contributed by atoms with Gasteiger partial charge in [0.1, 0.15) is 0 Å². The van der Waals surface area contributed by atoms with E-state index in [1.165, 1.54) is 0 Å². The third-order valence-electron chi connectivity index (χ3n) is 2.53. The normalized spacial score (nSPS) is 13.3. The monoisotopic (exact) mass is 316 g/mol. The minimum atomic E-state index is -1.18. The lowest BCUT2D eigenvalue weighted by molar-refractivity contribution is -0.139. The molecule has 0 saturated heterocycles. The lowest BCUT2D eigenvalue weighted by atomic mass is 10.1. The number of carboxylic acid groups (broad SMARTS) is 1. The van der Waals surface area contributed by atoms with E-state index in [4.69, 9.17) is 11.6 Å². The molecule has 0 fully saturated rings. The van der Waals surface area contributed by atoms with E-state index in [-0.39, 0.29) is 6.04 Å². The highest BCUT2D eigenvalue weighted by Gasteiger charge is 2.24. The van der Waals surface area contributed by atoms with Gasteiger partial charge in [-0.1, -0.05) is 29.8 Å². The summed E-state index contributed by atoms with van der Waals surface area (Å²) in [6.45, 7) is 1.85. The Bertz CT molecular complexity index is 484. The maximum Gasteiger partial charge on any atom is 0.331 e. The first-order valence-corrected chi connectivity index (χ1v) is 7.76. The predicted molar refractivity (Wildman–Crippen MR) is 81.3 cm³/mol. The van der Waals surface area contributed by atoms with Crippen LogP contribution in [-0.4, -0.2) is 35.2 Å². The molecule has 0 aromatic heterocycles. The van der Waals surface area contributed by atoms with Gasteiger partial charge in [0.25, 0.3) is 0 Å². The van der Waals surface area contributed by atoms with Crippen molar-refractivity contribution in [3.63, 3.8) is 0 Å². The molecular formula is C13H17ClN2O3S. The number of hydrogen-bond acceptors (Lipinski definition) is 3. The number of nitrogens with one attached hydrogen (secondary N) is 2. The second-order valence-electron chi connectivity index (χ2n) is 4.27. The first-order valence-electron chi connectivity index (χ1n) is 5.99. The molecule has 3 N–H and O–H groups in total. The van der Waals surface area contributed by atoms with Crippen LogP contribution in [0.25, 0.3) is 0 Å². The SMILES string of the molecule is CSCC(C)NC(=O)N[C@@H](C(=O)O)c1ccccc1Cl. The number of halogens is 1. The minimum absolute atomic E-state index is 0.0503. The topological polar surface area (TPSA) is 78.4 Å². The van der Waals surface area contributed by atoms with E-state index < -0.39 is 18.0 Å². The Balaban J connectivity index is 2.77. The Labute approximate surface area is 127 Å². The highest BCUT2D eigenvalue weighted by Crippen LogP contribution is 2.22.